The molecule has 0 spiro atoms. The van der Waals surface area contributed by atoms with Gasteiger partial charge in [0.1, 0.15) is 12.4 Å². The summed E-state index contributed by atoms with van der Waals surface area (Å²) in [6.45, 7) is 0. The lowest BCUT2D eigenvalue weighted by atomic mass is 10.2. The highest BCUT2D eigenvalue weighted by Gasteiger charge is 2.13. The first-order chi connectivity index (χ1) is 5.59. The van der Waals surface area contributed by atoms with Crippen molar-refractivity contribution in [3.05, 3.63) is 18.2 Å². The Morgan fingerprint density at radius 1 is 1.83 bits per heavy atom. The molecule has 6 heteroatoms. The summed E-state index contributed by atoms with van der Waals surface area (Å²) in [6, 6.07) is -0.972. The number of carboxylic acid groups (broad SMARTS) is 1. The summed E-state index contributed by atoms with van der Waals surface area (Å²) in [6.07, 6.45) is 2.59. The Hall–Kier alpha value is -1.56. The van der Waals surface area contributed by atoms with E-state index in [9.17, 15) is 4.79 Å². The highest BCUT2D eigenvalue weighted by Crippen LogP contribution is 1.97. The van der Waals surface area contributed by atoms with Gasteiger partial charge in [0.2, 0.25) is 0 Å². The van der Waals surface area contributed by atoms with Crippen molar-refractivity contribution in [2.45, 2.75) is 12.5 Å². The Morgan fingerprint density at radius 2 is 2.50 bits per heavy atom. The Labute approximate surface area is 68.2 Å². The van der Waals surface area contributed by atoms with Crippen LogP contribution >= 0.6 is 0 Å². The molecule has 6 nitrogen and oxygen atoms in total. The summed E-state index contributed by atoms with van der Waals surface area (Å²) >= 11 is 0. The van der Waals surface area contributed by atoms with Crippen molar-refractivity contribution in [2.24, 2.45) is 5.73 Å². The van der Waals surface area contributed by atoms with Crippen LogP contribution in [0.15, 0.2) is 12.5 Å². The van der Waals surface area contributed by atoms with Gasteiger partial charge >= 0.3 is 5.97 Å². The second-order valence-corrected chi connectivity index (χ2v) is 2.39. The predicted molar refractivity (Wildman–Crippen MR) is 38.7 cm³/mol. The molecule has 1 aromatic heterocycles. The van der Waals surface area contributed by atoms with E-state index in [1.807, 2.05) is 0 Å². The van der Waals surface area contributed by atoms with Crippen molar-refractivity contribution in [3.8, 4) is 0 Å². The van der Waals surface area contributed by atoms with Crippen LogP contribution in [0.1, 0.15) is 5.69 Å². The molecule has 1 aromatic rings. The summed E-state index contributed by atoms with van der Waals surface area (Å²) in [5.41, 5.74) is 5.68. The molecule has 1 unspecified atom stereocenters. The maximum absolute atomic E-state index is 10.3. The molecule has 0 saturated carbocycles. The number of carbonyl (C=O) groups is 1. The van der Waals surface area contributed by atoms with E-state index in [-0.39, 0.29) is 6.42 Å². The molecule has 0 amide bonds. The van der Waals surface area contributed by atoms with E-state index in [2.05, 4.69) is 4.98 Å². The third kappa shape index (κ3) is 1.96. The topological polar surface area (TPSA) is 101 Å². The van der Waals surface area contributed by atoms with Crippen molar-refractivity contribution >= 4 is 5.97 Å². The average molecular weight is 171 g/mol. The van der Waals surface area contributed by atoms with Gasteiger partial charge in [0.05, 0.1) is 11.9 Å². The Kier molecular flexibility index (Phi) is 2.29. The zero-order valence-electron chi connectivity index (χ0n) is 6.21. The monoisotopic (exact) mass is 171 g/mol. The van der Waals surface area contributed by atoms with Gasteiger partial charge in [-0.2, -0.15) is 4.73 Å². The number of carboxylic acids is 1. The molecule has 1 heterocycles. The van der Waals surface area contributed by atoms with Gasteiger partial charge in [-0.05, 0) is 0 Å². The molecule has 0 aliphatic heterocycles. The highest BCUT2D eigenvalue weighted by molar-refractivity contribution is 5.73. The maximum Gasteiger partial charge on any atom is 0.320 e. The summed E-state index contributed by atoms with van der Waals surface area (Å²) < 4.78 is 0.754. The summed E-state index contributed by atoms with van der Waals surface area (Å²) in [5.74, 6) is -1.08. The van der Waals surface area contributed by atoms with Crippen molar-refractivity contribution in [2.75, 3.05) is 0 Å². The molecule has 0 saturated heterocycles. The van der Waals surface area contributed by atoms with E-state index >= 15 is 0 Å². The number of nitrogens with zero attached hydrogens (tertiary/aromatic N) is 2. The normalized spacial score (nSPS) is 12.8. The van der Waals surface area contributed by atoms with Crippen molar-refractivity contribution in [3.63, 3.8) is 0 Å². The van der Waals surface area contributed by atoms with E-state index in [1.165, 1.54) is 12.5 Å². The zero-order chi connectivity index (χ0) is 9.14. The van der Waals surface area contributed by atoms with Gasteiger partial charge < -0.3 is 16.0 Å². The Morgan fingerprint density at radius 3 is 2.92 bits per heavy atom. The third-order valence-corrected chi connectivity index (χ3v) is 1.37. The lowest BCUT2D eigenvalue weighted by Gasteiger charge is -2.01. The van der Waals surface area contributed by atoms with Gasteiger partial charge in [-0.1, -0.05) is 0 Å². The van der Waals surface area contributed by atoms with Crippen LogP contribution in [0.3, 0.4) is 0 Å². The number of hydrogen-bond donors (Lipinski definition) is 3. The van der Waals surface area contributed by atoms with Gasteiger partial charge in [0.15, 0.2) is 0 Å². The Bertz CT molecular complexity index is 283. The Balaban J connectivity index is 2.58. The minimum atomic E-state index is -1.08. The molecule has 4 N–H and O–H groups in total. The van der Waals surface area contributed by atoms with E-state index in [0.717, 1.165) is 4.73 Å². The smallest absolute Gasteiger partial charge is 0.320 e. The molecule has 12 heavy (non-hydrogen) atoms. The fourth-order valence-electron chi connectivity index (χ4n) is 0.771. The van der Waals surface area contributed by atoms with Gasteiger partial charge in [-0.15, -0.1) is 0 Å². The first-order valence-electron chi connectivity index (χ1n) is 3.30. The number of rotatable bonds is 3. The summed E-state index contributed by atoms with van der Waals surface area (Å²) in [5, 5.41) is 17.2. The molecule has 0 aliphatic carbocycles. The molecule has 1 atom stereocenters. The minimum Gasteiger partial charge on any atom is -0.480 e. The molecule has 1 rings (SSSR count). The zero-order valence-corrected chi connectivity index (χ0v) is 6.21. The number of imidazole rings is 1. The van der Waals surface area contributed by atoms with Crippen LogP contribution < -0.4 is 5.73 Å². The van der Waals surface area contributed by atoms with Crippen LogP contribution in [-0.2, 0) is 11.2 Å². The number of hydrogen-bond acceptors (Lipinski definition) is 4. The molecule has 66 valence electrons. The van der Waals surface area contributed by atoms with Gasteiger partial charge in [-0.3, -0.25) is 4.79 Å². The number of aliphatic carboxylic acids is 1. The van der Waals surface area contributed by atoms with Crippen LogP contribution in [0.25, 0.3) is 0 Å². The quantitative estimate of drug-likeness (QED) is 0.510. The van der Waals surface area contributed by atoms with E-state index < -0.39 is 12.0 Å². The standard InChI is InChI=1S/C6H9N3O3/c7-5(6(10)11)1-4-2-9(12)3-8-4/h2-3,5,12H,1,7H2,(H,10,11). The van der Waals surface area contributed by atoms with E-state index in [0.29, 0.717) is 5.69 Å². The van der Waals surface area contributed by atoms with Crippen molar-refractivity contribution in [1.29, 1.82) is 0 Å². The predicted octanol–water partition coefficient (Wildman–Crippen LogP) is -0.925. The average Bonchev–Trinajstić information content (AvgIpc) is 2.35. The second kappa shape index (κ2) is 3.22. The van der Waals surface area contributed by atoms with E-state index in [4.69, 9.17) is 16.0 Å². The van der Waals surface area contributed by atoms with Crippen molar-refractivity contribution in [1.82, 2.24) is 9.71 Å². The molecule has 0 aromatic carbocycles. The SMILES string of the molecule is NC(Cc1cn(O)cn1)C(=O)O. The fourth-order valence-corrected chi connectivity index (χ4v) is 0.771. The van der Waals surface area contributed by atoms with Gasteiger partial charge in [-0.25, -0.2) is 4.98 Å². The fraction of sp³-hybridized carbons (Fsp3) is 0.333. The van der Waals surface area contributed by atoms with E-state index in [1.54, 1.807) is 0 Å². The van der Waals surface area contributed by atoms with Crippen LogP contribution in [0.2, 0.25) is 0 Å². The molecule has 0 radical (unpaired) electrons. The first kappa shape index (κ1) is 8.54. The molecular weight excluding hydrogens is 162 g/mol. The number of nitrogens with two attached hydrogens (primary N) is 1. The highest BCUT2D eigenvalue weighted by atomic mass is 16.5. The number of aromatic nitrogens is 2. The lowest BCUT2D eigenvalue weighted by molar-refractivity contribution is -0.138. The minimum absolute atomic E-state index is 0.114. The molecule has 0 fully saturated rings. The van der Waals surface area contributed by atoms with Crippen LogP contribution in [0.4, 0.5) is 0 Å². The van der Waals surface area contributed by atoms with Crippen LogP contribution in [0.5, 0.6) is 0 Å². The summed E-state index contributed by atoms with van der Waals surface area (Å²) in [4.78, 5) is 14.0. The molecular formula is C6H9N3O3. The van der Waals surface area contributed by atoms with Crippen LogP contribution in [-0.4, -0.2) is 32.0 Å². The van der Waals surface area contributed by atoms with Crippen molar-refractivity contribution < 1.29 is 15.1 Å². The molecule has 0 bridgehead atoms. The lowest BCUT2D eigenvalue weighted by Crippen LogP contribution is -2.32. The second-order valence-electron chi connectivity index (χ2n) is 2.39. The largest absolute Gasteiger partial charge is 0.480 e. The molecule has 0 aliphatic rings. The van der Waals surface area contributed by atoms with Gasteiger partial charge in [0.25, 0.3) is 0 Å². The maximum atomic E-state index is 10.3. The van der Waals surface area contributed by atoms with Crippen LogP contribution in [0, 0.1) is 0 Å². The van der Waals surface area contributed by atoms with Gasteiger partial charge in [0, 0.05) is 6.42 Å². The third-order valence-electron chi connectivity index (χ3n) is 1.37. The summed E-state index contributed by atoms with van der Waals surface area (Å²) in [7, 11) is 0. The first-order valence-corrected chi connectivity index (χ1v) is 3.30.